The van der Waals surface area contributed by atoms with Gasteiger partial charge in [-0.1, -0.05) is 24.3 Å². The third-order valence-corrected chi connectivity index (χ3v) is 7.04. The Bertz CT molecular complexity index is 1120. The number of benzene rings is 2. The SMILES string of the molecule is COc1ccc2cc1OCCCCN(C(=O)CNC(C)=O)CC[C@@H]1c3ccccc3N(C(C)=O)[C@@H]1C2. The fraction of sp³-hybridized carbons (Fsp3) is 0.464. The molecule has 36 heavy (non-hydrogen) atoms. The molecule has 0 aromatic heterocycles. The molecule has 1 N–H and O–H groups in total. The van der Waals surface area contributed by atoms with E-state index in [1.807, 2.05) is 46.2 Å². The van der Waals surface area contributed by atoms with Gasteiger partial charge >= 0.3 is 0 Å². The van der Waals surface area contributed by atoms with E-state index in [1.54, 1.807) is 14.0 Å². The molecule has 0 radical (unpaired) electrons. The van der Waals surface area contributed by atoms with Crippen molar-refractivity contribution in [3.8, 4) is 11.5 Å². The van der Waals surface area contributed by atoms with Crippen molar-refractivity contribution >= 4 is 23.4 Å². The highest BCUT2D eigenvalue weighted by atomic mass is 16.5. The Hall–Kier alpha value is -3.55. The Morgan fingerprint density at radius 1 is 1.08 bits per heavy atom. The van der Waals surface area contributed by atoms with Gasteiger partial charge in [0.15, 0.2) is 11.5 Å². The highest BCUT2D eigenvalue weighted by Gasteiger charge is 2.40. The quantitative estimate of drug-likeness (QED) is 0.709. The minimum absolute atomic E-state index is 0.000331. The molecule has 8 nitrogen and oxygen atoms in total. The van der Waals surface area contributed by atoms with Crippen LogP contribution in [-0.2, 0) is 20.8 Å². The van der Waals surface area contributed by atoms with Crippen molar-refractivity contribution in [1.82, 2.24) is 10.2 Å². The summed E-state index contributed by atoms with van der Waals surface area (Å²) in [4.78, 5) is 40.9. The Morgan fingerprint density at radius 2 is 1.89 bits per heavy atom. The maximum Gasteiger partial charge on any atom is 0.241 e. The number of methoxy groups -OCH3 is 1. The Kier molecular flexibility index (Phi) is 8.13. The second kappa shape index (κ2) is 11.5. The summed E-state index contributed by atoms with van der Waals surface area (Å²) in [6.07, 6.45) is 2.93. The summed E-state index contributed by atoms with van der Waals surface area (Å²) in [6.45, 7) is 4.63. The van der Waals surface area contributed by atoms with E-state index < -0.39 is 0 Å². The molecule has 0 saturated carbocycles. The summed E-state index contributed by atoms with van der Waals surface area (Å²) in [7, 11) is 1.62. The van der Waals surface area contributed by atoms with Gasteiger partial charge in [0.05, 0.1) is 20.3 Å². The van der Waals surface area contributed by atoms with E-state index >= 15 is 0 Å². The molecule has 0 fully saturated rings. The van der Waals surface area contributed by atoms with Crippen molar-refractivity contribution < 1.29 is 23.9 Å². The summed E-state index contributed by atoms with van der Waals surface area (Å²) < 4.78 is 11.6. The van der Waals surface area contributed by atoms with E-state index in [2.05, 4.69) is 11.4 Å². The van der Waals surface area contributed by atoms with Crippen LogP contribution in [0.5, 0.6) is 11.5 Å². The van der Waals surface area contributed by atoms with E-state index in [4.69, 9.17) is 9.47 Å². The molecule has 2 atom stereocenters. The molecule has 2 aliphatic rings. The highest BCUT2D eigenvalue weighted by Crippen LogP contribution is 2.44. The summed E-state index contributed by atoms with van der Waals surface area (Å²) >= 11 is 0. The van der Waals surface area contributed by atoms with E-state index in [1.165, 1.54) is 6.92 Å². The molecule has 4 rings (SSSR count). The molecule has 2 aromatic carbocycles. The van der Waals surface area contributed by atoms with Gasteiger partial charge in [0.25, 0.3) is 0 Å². The molecule has 0 unspecified atom stereocenters. The summed E-state index contributed by atoms with van der Waals surface area (Å²) in [5.41, 5.74) is 3.13. The van der Waals surface area contributed by atoms with Crippen LogP contribution < -0.4 is 19.7 Å². The Balaban J connectivity index is 1.69. The highest BCUT2D eigenvalue weighted by molar-refractivity contribution is 5.95. The van der Waals surface area contributed by atoms with Crippen LogP contribution >= 0.6 is 0 Å². The number of ether oxygens (including phenoxy) is 2. The molecule has 2 bridgehead atoms. The fourth-order valence-electron chi connectivity index (χ4n) is 5.33. The van der Waals surface area contributed by atoms with Gasteiger partial charge in [-0.15, -0.1) is 0 Å². The van der Waals surface area contributed by atoms with Crippen molar-refractivity contribution in [2.24, 2.45) is 0 Å². The lowest BCUT2D eigenvalue weighted by molar-refractivity contribution is -0.132. The predicted octanol–water partition coefficient (Wildman–Crippen LogP) is 3.28. The number of anilines is 1. The number of rotatable bonds is 3. The number of hydrogen-bond donors (Lipinski definition) is 1. The normalized spacial score (nSPS) is 19.9. The zero-order valence-corrected chi connectivity index (χ0v) is 21.3. The maximum absolute atomic E-state index is 13.0. The van der Waals surface area contributed by atoms with Gasteiger partial charge in [0.2, 0.25) is 17.7 Å². The van der Waals surface area contributed by atoms with Gasteiger partial charge in [-0.05, 0) is 55.0 Å². The van der Waals surface area contributed by atoms with Crippen LogP contribution in [0.2, 0.25) is 0 Å². The first-order valence-corrected chi connectivity index (χ1v) is 12.6. The fourth-order valence-corrected chi connectivity index (χ4v) is 5.33. The van der Waals surface area contributed by atoms with E-state index in [0.29, 0.717) is 37.6 Å². The van der Waals surface area contributed by atoms with Crippen LogP contribution in [0.25, 0.3) is 0 Å². The third-order valence-electron chi connectivity index (χ3n) is 7.04. The largest absolute Gasteiger partial charge is 0.493 e. The monoisotopic (exact) mass is 493 g/mol. The standard InChI is InChI=1S/C28H35N3O5/c1-19(32)29-18-28(34)30-13-6-7-15-36-27-17-21(10-11-26(27)35-3)16-25-23(12-14-30)22-8-4-5-9-24(22)31(25)20(2)33/h4-5,8-11,17,23,25H,6-7,12-16,18H2,1-3H3,(H,29,32)/t23-,25-/m1/s1. The molecule has 2 aromatic rings. The van der Waals surface area contributed by atoms with Crippen LogP contribution in [-0.4, -0.2) is 62.0 Å². The van der Waals surface area contributed by atoms with E-state index in [9.17, 15) is 14.4 Å². The van der Waals surface area contributed by atoms with Crippen LogP contribution in [0.3, 0.4) is 0 Å². The van der Waals surface area contributed by atoms with E-state index in [0.717, 1.165) is 36.1 Å². The Labute approximate surface area is 212 Å². The lowest BCUT2D eigenvalue weighted by atomic mass is 9.87. The van der Waals surface area contributed by atoms with Crippen molar-refractivity contribution in [2.45, 2.75) is 51.5 Å². The number of fused-ring (bicyclic) bond motifs is 5. The zero-order chi connectivity index (χ0) is 25.7. The molecule has 3 amide bonds. The van der Waals surface area contributed by atoms with Crippen molar-refractivity contribution in [3.63, 3.8) is 0 Å². The number of carbonyl (C=O) groups is 3. The van der Waals surface area contributed by atoms with Crippen LogP contribution in [0, 0.1) is 0 Å². The summed E-state index contributed by atoms with van der Waals surface area (Å²) in [6, 6.07) is 13.9. The number of para-hydroxylation sites is 1. The summed E-state index contributed by atoms with van der Waals surface area (Å²) in [5.74, 6) is 1.10. The zero-order valence-electron chi connectivity index (χ0n) is 21.3. The average molecular weight is 494 g/mol. The number of nitrogens with one attached hydrogen (secondary N) is 1. The molecule has 8 heteroatoms. The number of hydrogen-bond acceptors (Lipinski definition) is 5. The molecule has 0 aliphatic carbocycles. The van der Waals surface area contributed by atoms with Crippen LogP contribution in [0.1, 0.15) is 50.2 Å². The molecule has 2 aliphatic heterocycles. The minimum Gasteiger partial charge on any atom is -0.493 e. The van der Waals surface area contributed by atoms with Gasteiger partial charge in [-0.3, -0.25) is 14.4 Å². The smallest absolute Gasteiger partial charge is 0.241 e. The number of carbonyl (C=O) groups excluding carboxylic acids is 3. The van der Waals surface area contributed by atoms with Gasteiger partial charge < -0.3 is 24.6 Å². The molecule has 2 heterocycles. The minimum atomic E-state index is -0.226. The summed E-state index contributed by atoms with van der Waals surface area (Å²) in [5, 5.41) is 2.63. The molecular weight excluding hydrogens is 458 g/mol. The lowest BCUT2D eigenvalue weighted by Crippen LogP contribution is -2.43. The van der Waals surface area contributed by atoms with Crippen LogP contribution in [0.15, 0.2) is 42.5 Å². The first-order valence-electron chi connectivity index (χ1n) is 12.6. The predicted molar refractivity (Wildman–Crippen MR) is 137 cm³/mol. The number of nitrogens with zero attached hydrogens (tertiary/aromatic N) is 2. The van der Waals surface area contributed by atoms with Crippen molar-refractivity contribution in [3.05, 3.63) is 53.6 Å². The molecule has 0 spiro atoms. The molecule has 192 valence electrons. The first-order chi connectivity index (χ1) is 17.4. The topological polar surface area (TPSA) is 88.2 Å². The van der Waals surface area contributed by atoms with E-state index in [-0.39, 0.29) is 36.2 Å². The second-order valence-electron chi connectivity index (χ2n) is 9.45. The molecule has 0 saturated heterocycles. The van der Waals surface area contributed by atoms with Gasteiger partial charge in [-0.25, -0.2) is 0 Å². The van der Waals surface area contributed by atoms with Gasteiger partial charge in [0, 0.05) is 44.6 Å². The van der Waals surface area contributed by atoms with Gasteiger partial charge in [-0.2, -0.15) is 0 Å². The maximum atomic E-state index is 13.0. The van der Waals surface area contributed by atoms with Crippen molar-refractivity contribution in [1.29, 1.82) is 0 Å². The second-order valence-corrected chi connectivity index (χ2v) is 9.45. The number of amides is 3. The van der Waals surface area contributed by atoms with Crippen LogP contribution in [0.4, 0.5) is 5.69 Å². The lowest BCUT2D eigenvalue weighted by Gasteiger charge is -2.31. The Morgan fingerprint density at radius 3 is 2.64 bits per heavy atom. The molecular formula is C28H35N3O5. The average Bonchev–Trinajstić information content (AvgIpc) is 3.17. The third kappa shape index (κ3) is 5.64. The van der Waals surface area contributed by atoms with Crippen molar-refractivity contribution in [2.75, 3.05) is 38.3 Å². The first kappa shape index (κ1) is 25.5. The van der Waals surface area contributed by atoms with Gasteiger partial charge in [0.1, 0.15) is 0 Å².